The number of benzene rings is 2. The molecule has 32 heavy (non-hydrogen) atoms. The second kappa shape index (κ2) is 10.1. The van der Waals surface area contributed by atoms with Gasteiger partial charge in [-0.1, -0.05) is 19.1 Å². The zero-order valence-electron chi connectivity index (χ0n) is 18.0. The summed E-state index contributed by atoms with van der Waals surface area (Å²) in [5.74, 6) is -0.454. The molecular formula is C23H26FNO6S. The van der Waals surface area contributed by atoms with Gasteiger partial charge in [0.05, 0.1) is 42.7 Å². The van der Waals surface area contributed by atoms with Gasteiger partial charge in [-0.15, -0.1) is 0 Å². The summed E-state index contributed by atoms with van der Waals surface area (Å²) in [5.41, 5.74) is 0.467. The molecule has 0 saturated carbocycles. The van der Waals surface area contributed by atoms with E-state index in [4.69, 9.17) is 14.6 Å². The fourth-order valence-electron chi connectivity index (χ4n) is 3.42. The minimum atomic E-state index is -3.54. The Bertz CT molecular complexity index is 1250. The molecule has 7 nitrogen and oxygen atoms in total. The summed E-state index contributed by atoms with van der Waals surface area (Å²) in [5, 5.41) is 8.85. The molecule has 9 heteroatoms. The number of ether oxygens (including phenoxy) is 2. The number of aromatic nitrogens is 1. The van der Waals surface area contributed by atoms with Gasteiger partial charge in [-0.05, 0) is 36.2 Å². The van der Waals surface area contributed by atoms with Crippen LogP contribution in [0.2, 0.25) is 0 Å². The maximum atomic E-state index is 14.9. The van der Waals surface area contributed by atoms with Gasteiger partial charge in [0.2, 0.25) is 0 Å². The number of pyridine rings is 1. The summed E-state index contributed by atoms with van der Waals surface area (Å²) >= 11 is 0. The third-order valence-corrected chi connectivity index (χ3v) is 6.65. The maximum absolute atomic E-state index is 14.9. The van der Waals surface area contributed by atoms with Gasteiger partial charge in [0, 0.05) is 18.3 Å². The standard InChI is InChI=1S/C23H26FNO6S/c1-3-12-31-20-9-8-19(24)21-22(20)25(10-13-32(28,29)14-11-26)15-18(23(21)27)16-4-6-17(30-2)7-5-16/h4-9,15,26H,3,10-14H2,1-2H3. The summed E-state index contributed by atoms with van der Waals surface area (Å²) < 4.78 is 51.7. The number of sulfone groups is 1. The van der Waals surface area contributed by atoms with Crippen molar-refractivity contribution < 1.29 is 27.4 Å². The SMILES string of the molecule is CCCOc1ccc(F)c2c(=O)c(-c3ccc(OC)cc3)cn(CCS(=O)(=O)CCO)c12. The molecule has 0 atom stereocenters. The quantitative estimate of drug-likeness (QED) is 0.497. The summed E-state index contributed by atoms with van der Waals surface area (Å²) in [6.45, 7) is 1.76. The normalized spacial score (nSPS) is 11.6. The molecule has 0 aliphatic carbocycles. The summed E-state index contributed by atoms with van der Waals surface area (Å²) in [6, 6.07) is 9.36. The van der Waals surface area contributed by atoms with Crippen LogP contribution in [-0.4, -0.2) is 49.9 Å². The fourth-order valence-corrected chi connectivity index (χ4v) is 4.38. The maximum Gasteiger partial charge on any atom is 0.200 e. The number of methoxy groups -OCH3 is 1. The van der Waals surface area contributed by atoms with Gasteiger partial charge < -0.3 is 19.1 Å². The van der Waals surface area contributed by atoms with Gasteiger partial charge in [0.1, 0.15) is 17.3 Å². The highest BCUT2D eigenvalue weighted by Gasteiger charge is 2.20. The van der Waals surface area contributed by atoms with Crippen LogP contribution in [0.1, 0.15) is 13.3 Å². The van der Waals surface area contributed by atoms with Crippen molar-refractivity contribution in [2.45, 2.75) is 19.9 Å². The van der Waals surface area contributed by atoms with Crippen LogP contribution < -0.4 is 14.9 Å². The first-order valence-electron chi connectivity index (χ1n) is 10.3. The predicted octanol–water partition coefficient (Wildman–Crippen LogP) is 3.01. The number of hydrogen-bond donors (Lipinski definition) is 1. The average Bonchev–Trinajstić information content (AvgIpc) is 2.78. The molecule has 0 fully saturated rings. The molecule has 3 aromatic rings. The van der Waals surface area contributed by atoms with E-state index in [2.05, 4.69) is 0 Å². The van der Waals surface area contributed by atoms with Crippen molar-refractivity contribution in [2.75, 3.05) is 31.8 Å². The van der Waals surface area contributed by atoms with Gasteiger partial charge in [-0.3, -0.25) is 4.79 Å². The van der Waals surface area contributed by atoms with Crippen molar-refractivity contribution >= 4 is 20.7 Å². The Morgan fingerprint density at radius 2 is 1.81 bits per heavy atom. The highest BCUT2D eigenvalue weighted by Crippen LogP contribution is 2.30. The summed E-state index contributed by atoms with van der Waals surface area (Å²) in [4.78, 5) is 13.3. The van der Waals surface area contributed by atoms with E-state index in [-0.39, 0.29) is 34.5 Å². The van der Waals surface area contributed by atoms with E-state index in [0.717, 1.165) is 0 Å². The predicted molar refractivity (Wildman–Crippen MR) is 122 cm³/mol. The zero-order valence-corrected chi connectivity index (χ0v) is 18.8. The molecule has 0 radical (unpaired) electrons. The topological polar surface area (TPSA) is 94.8 Å². The molecule has 3 rings (SSSR count). The van der Waals surface area contributed by atoms with E-state index < -0.39 is 27.7 Å². The van der Waals surface area contributed by atoms with E-state index in [9.17, 15) is 17.6 Å². The van der Waals surface area contributed by atoms with E-state index >= 15 is 0 Å². The third-order valence-electron chi connectivity index (χ3n) is 5.04. The Morgan fingerprint density at radius 1 is 1.09 bits per heavy atom. The van der Waals surface area contributed by atoms with Crippen LogP contribution in [0.5, 0.6) is 11.5 Å². The summed E-state index contributed by atoms with van der Waals surface area (Å²) in [6.07, 6.45) is 2.23. The average molecular weight is 464 g/mol. The Balaban J connectivity index is 2.24. The highest BCUT2D eigenvalue weighted by atomic mass is 32.2. The monoisotopic (exact) mass is 463 g/mol. The Morgan fingerprint density at radius 3 is 2.44 bits per heavy atom. The van der Waals surface area contributed by atoms with Crippen LogP contribution in [0, 0.1) is 5.82 Å². The Labute approximate surface area is 185 Å². The molecule has 1 aromatic heterocycles. The molecule has 0 aliphatic heterocycles. The molecule has 1 heterocycles. The molecule has 0 bridgehead atoms. The van der Waals surface area contributed by atoms with Crippen molar-refractivity contribution in [3.05, 3.63) is 58.6 Å². The van der Waals surface area contributed by atoms with E-state index in [1.807, 2.05) is 6.92 Å². The minimum absolute atomic E-state index is 0.0335. The van der Waals surface area contributed by atoms with Crippen LogP contribution in [-0.2, 0) is 16.4 Å². The largest absolute Gasteiger partial charge is 0.497 e. The van der Waals surface area contributed by atoms with Crippen molar-refractivity contribution in [3.63, 3.8) is 0 Å². The van der Waals surface area contributed by atoms with Crippen LogP contribution >= 0.6 is 0 Å². The molecule has 0 amide bonds. The molecule has 2 aromatic carbocycles. The summed E-state index contributed by atoms with van der Waals surface area (Å²) in [7, 11) is -2.01. The fraction of sp³-hybridized carbons (Fsp3) is 0.348. The second-order valence-corrected chi connectivity index (χ2v) is 9.59. The molecule has 0 spiro atoms. The number of fused-ring (bicyclic) bond motifs is 1. The van der Waals surface area contributed by atoms with E-state index in [1.165, 1.54) is 25.4 Å². The second-order valence-electron chi connectivity index (χ2n) is 7.29. The van der Waals surface area contributed by atoms with Crippen LogP contribution in [0.25, 0.3) is 22.0 Å². The lowest BCUT2D eigenvalue weighted by molar-refractivity contribution is 0.318. The van der Waals surface area contributed by atoms with Crippen LogP contribution in [0.4, 0.5) is 4.39 Å². The first-order chi connectivity index (χ1) is 15.3. The van der Waals surface area contributed by atoms with Crippen LogP contribution in [0.3, 0.4) is 0 Å². The molecule has 0 aliphatic rings. The lowest BCUT2D eigenvalue weighted by Gasteiger charge is -2.17. The number of aliphatic hydroxyl groups excluding tert-OH is 1. The van der Waals surface area contributed by atoms with Gasteiger partial charge in [-0.25, -0.2) is 12.8 Å². The van der Waals surface area contributed by atoms with Crippen molar-refractivity contribution in [3.8, 4) is 22.6 Å². The Hall–Kier alpha value is -2.91. The molecule has 0 saturated heterocycles. The molecular weight excluding hydrogens is 437 g/mol. The lowest BCUT2D eigenvalue weighted by atomic mass is 10.0. The first kappa shape index (κ1) is 23.7. The molecule has 0 unspecified atom stereocenters. The number of aryl methyl sites for hydroxylation is 1. The van der Waals surface area contributed by atoms with E-state index in [1.54, 1.807) is 28.8 Å². The number of nitrogens with zero attached hydrogens (tertiary/aromatic N) is 1. The number of halogens is 1. The van der Waals surface area contributed by atoms with E-state index in [0.29, 0.717) is 30.1 Å². The zero-order chi connectivity index (χ0) is 23.3. The number of aliphatic hydroxyl groups is 1. The highest BCUT2D eigenvalue weighted by molar-refractivity contribution is 7.91. The molecule has 1 N–H and O–H groups in total. The smallest absolute Gasteiger partial charge is 0.200 e. The van der Waals surface area contributed by atoms with Gasteiger partial charge in [0.15, 0.2) is 15.3 Å². The van der Waals surface area contributed by atoms with Gasteiger partial charge in [-0.2, -0.15) is 0 Å². The molecule has 172 valence electrons. The van der Waals surface area contributed by atoms with Crippen molar-refractivity contribution in [2.24, 2.45) is 0 Å². The number of rotatable bonds is 10. The van der Waals surface area contributed by atoms with Crippen LogP contribution in [0.15, 0.2) is 47.4 Å². The lowest BCUT2D eigenvalue weighted by Crippen LogP contribution is -2.21. The number of hydrogen-bond acceptors (Lipinski definition) is 6. The Kier molecular flexibility index (Phi) is 7.52. The van der Waals surface area contributed by atoms with Gasteiger partial charge in [0.25, 0.3) is 0 Å². The van der Waals surface area contributed by atoms with Gasteiger partial charge >= 0.3 is 0 Å². The van der Waals surface area contributed by atoms with Crippen molar-refractivity contribution in [1.82, 2.24) is 4.57 Å². The minimum Gasteiger partial charge on any atom is -0.497 e. The first-order valence-corrected chi connectivity index (χ1v) is 12.1. The third kappa shape index (κ3) is 5.11. The van der Waals surface area contributed by atoms with Crippen molar-refractivity contribution in [1.29, 1.82) is 0 Å².